The molecule has 8 nitrogen and oxygen atoms in total. The summed E-state index contributed by atoms with van der Waals surface area (Å²) in [6, 6.07) is -2.47. The SMILES string of the molecule is NC(=O)CC(NC(=O)NCCOCC(F)(F)F)C(=O)O. The number of carbonyl (C=O) groups is 3. The predicted octanol–water partition coefficient (Wildman–Crippen LogP) is -0.807. The molecule has 0 spiro atoms. The van der Waals surface area contributed by atoms with E-state index in [9.17, 15) is 27.6 Å². The molecule has 0 aromatic rings. The van der Waals surface area contributed by atoms with Crippen molar-refractivity contribution in [2.75, 3.05) is 19.8 Å². The second-order valence-corrected chi connectivity index (χ2v) is 3.63. The highest BCUT2D eigenvalue weighted by Gasteiger charge is 2.27. The summed E-state index contributed by atoms with van der Waals surface area (Å²) in [5.41, 5.74) is 4.79. The lowest BCUT2D eigenvalue weighted by Crippen LogP contribution is -2.48. The monoisotopic (exact) mass is 301 g/mol. The van der Waals surface area contributed by atoms with Crippen molar-refractivity contribution in [1.82, 2.24) is 10.6 Å². The van der Waals surface area contributed by atoms with Crippen LogP contribution in [0, 0.1) is 0 Å². The molecular formula is C9H14F3N3O5. The maximum absolute atomic E-state index is 11.7. The van der Waals surface area contributed by atoms with Crippen LogP contribution in [0.5, 0.6) is 0 Å². The number of hydrogen-bond donors (Lipinski definition) is 4. The number of carboxylic acid groups (broad SMARTS) is 1. The van der Waals surface area contributed by atoms with Gasteiger partial charge < -0.3 is 26.2 Å². The van der Waals surface area contributed by atoms with E-state index in [1.54, 1.807) is 0 Å². The molecule has 0 rings (SSSR count). The van der Waals surface area contributed by atoms with E-state index in [0.717, 1.165) is 0 Å². The first kappa shape index (κ1) is 18.0. The van der Waals surface area contributed by atoms with E-state index in [2.05, 4.69) is 10.1 Å². The minimum absolute atomic E-state index is 0.259. The molecule has 11 heteroatoms. The molecule has 0 aliphatic carbocycles. The Hall–Kier alpha value is -2.04. The first-order valence-corrected chi connectivity index (χ1v) is 5.32. The number of aliphatic carboxylic acids is 1. The first-order valence-electron chi connectivity index (χ1n) is 5.32. The number of carboxylic acids is 1. The van der Waals surface area contributed by atoms with Crippen LogP contribution >= 0.6 is 0 Å². The van der Waals surface area contributed by atoms with Crippen LogP contribution in [0.15, 0.2) is 0 Å². The van der Waals surface area contributed by atoms with Crippen LogP contribution in [0.25, 0.3) is 0 Å². The lowest BCUT2D eigenvalue weighted by atomic mass is 10.2. The fourth-order valence-corrected chi connectivity index (χ4v) is 1.04. The van der Waals surface area contributed by atoms with Gasteiger partial charge in [-0.25, -0.2) is 9.59 Å². The number of carbonyl (C=O) groups excluding carboxylic acids is 2. The van der Waals surface area contributed by atoms with Gasteiger partial charge in [-0.15, -0.1) is 0 Å². The van der Waals surface area contributed by atoms with Crippen LogP contribution < -0.4 is 16.4 Å². The summed E-state index contributed by atoms with van der Waals surface area (Å²) in [5.74, 6) is -2.39. The Bertz CT molecular complexity index is 361. The Morgan fingerprint density at radius 2 is 1.90 bits per heavy atom. The molecule has 0 bridgehead atoms. The summed E-state index contributed by atoms with van der Waals surface area (Å²) in [6.07, 6.45) is -5.06. The van der Waals surface area contributed by atoms with Gasteiger partial charge in [-0.2, -0.15) is 13.2 Å². The van der Waals surface area contributed by atoms with Crippen LogP contribution in [0.2, 0.25) is 0 Å². The van der Waals surface area contributed by atoms with Crippen molar-refractivity contribution in [2.45, 2.75) is 18.6 Å². The fraction of sp³-hybridized carbons (Fsp3) is 0.667. The molecule has 0 saturated heterocycles. The van der Waals surface area contributed by atoms with Gasteiger partial charge in [0.15, 0.2) is 0 Å². The molecule has 0 aromatic carbocycles. The quantitative estimate of drug-likeness (QED) is 0.436. The Kier molecular flexibility index (Phi) is 7.36. The van der Waals surface area contributed by atoms with Crippen molar-refractivity contribution >= 4 is 17.9 Å². The van der Waals surface area contributed by atoms with Crippen molar-refractivity contribution in [2.24, 2.45) is 5.73 Å². The number of nitrogens with two attached hydrogens (primary N) is 1. The van der Waals surface area contributed by atoms with Gasteiger partial charge in [0.05, 0.1) is 13.0 Å². The van der Waals surface area contributed by atoms with E-state index in [1.165, 1.54) is 0 Å². The molecule has 1 unspecified atom stereocenters. The molecule has 0 aliphatic rings. The molecule has 0 aromatic heterocycles. The average molecular weight is 301 g/mol. The number of urea groups is 1. The molecular weight excluding hydrogens is 287 g/mol. The van der Waals surface area contributed by atoms with Gasteiger partial charge in [-0.3, -0.25) is 4.79 Å². The maximum Gasteiger partial charge on any atom is 0.411 e. The summed E-state index contributed by atoms with van der Waals surface area (Å²) in [7, 11) is 0. The molecule has 20 heavy (non-hydrogen) atoms. The zero-order valence-corrected chi connectivity index (χ0v) is 10.2. The second kappa shape index (κ2) is 8.19. The number of ether oxygens (including phenoxy) is 1. The van der Waals surface area contributed by atoms with Crippen molar-refractivity contribution in [3.05, 3.63) is 0 Å². The van der Waals surface area contributed by atoms with Gasteiger partial charge >= 0.3 is 18.2 Å². The van der Waals surface area contributed by atoms with Gasteiger partial charge in [0.1, 0.15) is 12.6 Å². The third-order valence-corrected chi connectivity index (χ3v) is 1.81. The van der Waals surface area contributed by atoms with Gasteiger partial charge in [-0.05, 0) is 0 Å². The van der Waals surface area contributed by atoms with Crippen LogP contribution in [-0.2, 0) is 14.3 Å². The lowest BCUT2D eigenvalue weighted by molar-refractivity contribution is -0.173. The van der Waals surface area contributed by atoms with Gasteiger partial charge in [0, 0.05) is 6.54 Å². The van der Waals surface area contributed by atoms with E-state index in [1.807, 2.05) is 5.32 Å². The highest BCUT2D eigenvalue weighted by atomic mass is 19.4. The largest absolute Gasteiger partial charge is 0.480 e. The van der Waals surface area contributed by atoms with Crippen molar-refractivity contribution < 1.29 is 37.4 Å². The molecule has 0 saturated carbocycles. The van der Waals surface area contributed by atoms with E-state index in [-0.39, 0.29) is 6.54 Å². The second-order valence-electron chi connectivity index (χ2n) is 3.63. The van der Waals surface area contributed by atoms with Crippen molar-refractivity contribution in [1.29, 1.82) is 0 Å². The molecule has 0 aliphatic heterocycles. The highest BCUT2D eigenvalue weighted by molar-refractivity contribution is 5.87. The third-order valence-electron chi connectivity index (χ3n) is 1.81. The zero-order chi connectivity index (χ0) is 15.8. The Labute approximate surface area is 111 Å². The molecule has 3 amide bonds. The Morgan fingerprint density at radius 1 is 1.30 bits per heavy atom. The number of alkyl halides is 3. The van der Waals surface area contributed by atoms with E-state index in [0.29, 0.717) is 0 Å². The van der Waals surface area contributed by atoms with Crippen molar-refractivity contribution in [3.8, 4) is 0 Å². The van der Waals surface area contributed by atoms with Crippen LogP contribution in [-0.4, -0.2) is 55.0 Å². The molecule has 0 heterocycles. The number of rotatable bonds is 8. The molecule has 116 valence electrons. The summed E-state index contributed by atoms with van der Waals surface area (Å²) >= 11 is 0. The van der Waals surface area contributed by atoms with Crippen LogP contribution in [0.4, 0.5) is 18.0 Å². The van der Waals surface area contributed by atoms with Crippen LogP contribution in [0.3, 0.4) is 0 Å². The predicted molar refractivity (Wildman–Crippen MR) is 58.6 cm³/mol. The molecule has 0 radical (unpaired) electrons. The number of primary amides is 1. The molecule has 0 fully saturated rings. The average Bonchev–Trinajstić information content (AvgIpc) is 2.25. The van der Waals surface area contributed by atoms with Gasteiger partial charge in [-0.1, -0.05) is 0 Å². The maximum atomic E-state index is 11.7. The van der Waals surface area contributed by atoms with E-state index >= 15 is 0 Å². The Balaban J connectivity index is 3.91. The summed E-state index contributed by atoms with van der Waals surface area (Å²) in [4.78, 5) is 32.4. The standard InChI is InChI=1S/C9H14F3N3O5/c10-9(11,12)4-20-2-1-14-8(19)15-5(7(17)18)3-6(13)16/h5H,1-4H2,(H2,13,16)(H,17,18)(H2,14,15,19). The third kappa shape index (κ3) is 9.94. The summed E-state index contributed by atoms with van der Waals surface area (Å²) in [6.45, 7) is -2.11. The number of amides is 3. The normalized spacial score (nSPS) is 12.6. The number of halogens is 3. The highest BCUT2D eigenvalue weighted by Crippen LogP contribution is 2.13. The fourth-order valence-electron chi connectivity index (χ4n) is 1.04. The van der Waals surface area contributed by atoms with Crippen molar-refractivity contribution in [3.63, 3.8) is 0 Å². The minimum atomic E-state index is -4.46. The smallest absolute Gasteiger partial charge is 0.411 e. The van der Waals surface area contributed by atoms with Crippen LogP contribution in [0.1, 0.15) is 6.42 Å². The molecule has 5 N–H and O–H groups in total. The van der Waals surface area contributed by atoms with Gasteiger partial charge in [0.25, 0.3) is 0 Å². The molecule has 1 atom stereocenters. The number of nitrogens with one attached hydrogen (secondary N) is 2. The topological polar surface area (TPSA) is 131 Å². The first-order chi connectivity index (χ1) is 9.11. The number of hydrogen-bond acceptors (Lipinski definition) is 4. The van der Waals surface area contributed by atoms with E-state index < -0.39 is 49.8 Å². The zero-order valence-electron chi connectivity index (χ0n) is 10.2. The van der Waals surface area contributed by atoms with E-state index in [4.69, 9.17) is 10.8 Å². The Morgan fingerprint density at radius 3 is 2.35 bits per heavy atom. The summed E-state index contributed by atoms with van der Waals surface area (Å²) in [5, 5.41) is 12.7. The lowest BCUT2D eigenvalue weighted by Gasteiger charge is -2.13. The van der Waals surface area contributed by atoms with Gasteiger partial charge in [0.2, 0.25) is 5.91 Å². The minimum Gasteiger partial charge on any atom is -0.480 e. The summed E-state index contributed by atoms with van der Waals surface area (Å²) < 4.78 is 39.3.